The van der Waals surface area contributed by atoms with Gasteiger partial charge in [-0.1, -0.05) is 40.8 Å². The SMILES string of the molecule is O=S(=O)(c1ccccc1)N1C2=CC=CN(Br)C2=CC1I. The van der Waals surface area contributed by atoms with Gasteiger partial charge in [0.05, 0.1) is 32.4 Å². The Morgan fingerprint density at radius 2 is 1.85 bits per heavy atom. The van der Waals surface area contributed by atoms with E-state index in [0.29, 0.717) is 10.6 Å². The first kappa shape index (κ1) is 14.2. The fraction of sp³-hybridized carbons (Fsp3) is 0.0769. The molecule has 20 heavy (non-hydrogen) atoms. The molecule has 2 aliphatic rings. The van der Waals surface area contributed by atoms with Gasteiger partial charge in [-0.25, -0.2) is 12.7 Å². The molecule has 1 unspecified atom stereocenters. The van der Waals surface area contributed by atoms with E-state index in [0.717, 1.165) is 5.70 Å². The quantitative estimate of drug-likeness (QED) is 0.291. The van der Waals surface area contributed by atoms with Crippen LogP contribution in [0, 0.1) is 0 Å². The first-order valence-electron chi connectivity index (χ1n) is 5.81. The normalized spacial score (nSPS) is 21.6. The molecule has 104 valence electrons. The number of allylic oxidation sites excluding steroid dienone is 2. The first-order chi connectivity index (χ1) is 9.51. The second-order valence-corrected chi connectivity index (χ2v) is 8.10. The molecule has 0 saturated carbocycles. The van der Waals surface area contributed by atoms with E-state index in [2.05, 4.69) is 38.7 Å². The van der Waals surface area contributed by atoms with Crippen molar-refractivity contribution in [3.63, 3.8) is 0 Å². The second-order valence-electron chi connectivity index (χ2n) is 4.24. The average molecular weight is 465 g/mol. The Bertz CT molecular complexity index is 728. The summed E-state index contributed by atoms with van der Waals surface area (Å²) in [5.41, 5.74) is 1.51. The predicted molar refractivity (Wildman–Crippen MR) is 89.3 cm³/mol. The summed E-state index contributed by atoms with van der Waals surface area (Å²) in [5.74, 6) is 0. The second kappa shape index (κ2) is 5.19. The van der Waals surface area contributed by atoms with Crippen LogP contribution in [0.1, 0.15) is 0 Å². The van der Waals surface area contributed by atoms with E-state index in [1.807, 2.05) is 24.4 Å². The van der Waals surface area contributed by atoms with Crippen molar-refractivity contribution in [3.05, 3.63) is 66.2 Å². The van der Waals surface area contributed by atoms with Gasteiger partial charge in [0, 0.05) is 6.20 Å². The first-order valence-corrected chi connectivity index (χ1v) is 9.20. The zero-order chi connectivity index (χ0) is 14.3. The Hall–Kier alpha value is -0.800. The van der Waals surface area contributed by atoms with E-state index in [1.165, 1.54) is 4.31 Å². The zero-order valence-electron chi connectivity index (χ0n) is 10.1. The molecule has 2 aliphatic heterocycles. The van der Waals surface area contributed by atoms with E-state index in [-0.39, 0.29) is 4.05 Å². The molecule has 0 fully saturated rings. The third kappa shape index (κ3) is 2.21. The van der Waals surface area contributed by atoms with Crippen LogP contribution < -0.4 is 0 Å². The van der Waals surface area contributed by atoms with Gasteiger partial charge in [0.25, 0.3) is 10.0 Å². The number of rotatable bonds is 2. The van der Waals surface area contributed by atoms with Crippen molar-refractivity contribution in [1.29, 1.82) is 0 Å². The standard InChI is InChI=1S/C13H10BrIN2O2S/c14-16-8-4-7-11-12(16)9-13(15)17(11)20(18,19)10-5-2-1-3-6-10/h1-9,13H. The van der Waals surface area contributed by atoms with Gasteiger partial charge in [-0.05, 0) is 30.4 Å². The number of hydrogen-bond acceptors (Lipinski definition) is 3. The number of sulfonamides is 1. The van der Waals surface area contributed by atoms with E-state index < -0.39 is 10.0 Å². The van der Waals surface area contributed by atoms with Gasteiger partial charge in [0.1, 0.15) is 4.05 Å². The Morgan fingerprint density at radius 1 is 1.15 bits per heavy atom. The van der Waals surface area contributed by atoms with Gasteiger partial charge >= 0.3 is 0 Å². The molecule has 7 heteroatoms. The largest absolute Gasteiger partial charge is 0.282 e. The van der Waals surface area contributed by atoms with Crippen LogP contribution in [0.3, 0.4) is 0 Å². The lowest BCUT2D eigenvalue weighted by molar-refractivity contribution is 0.506. The fourth-order valence-electron chi connectivity index (χ4n) is 2.13. The third-order valence-corrected chi connectivity index (χ3v) is 6.74. The number of fused-ring (bicyclic) bond motifs is 1. The average Bonchev–Trinajstić information content (AvgIpc) is 2.78. The zero-order valence-corrected chi connectivity index (χ0v) is 14.7. The van der Waals surface area contributed by atoms with Crippen LogP contribution in [0.4, 0.5) is 0 Å². The Kier molecular flexibility index (Phi) is 3.67. The maximum atomic E-state index is 12.8. The highest BCUT2D eigenvalue weighted by molar-refractivity contribution is 14.1. The van der Waals surface area contributed by atoms with Crippen molar-refractivity contribution in [2.24, 2.45) is 0 Å². The molecular formula is C13H10BrIN2O2S. The van der Waals surface area contributed by atoms with Crippen LogP contribution in [0.15, 0.2) is 71.0 Å². The molecule has 0 N–H and O–H groups in total. The Morgan fingerprint density at radius 3 is 2.55 bits per heavy atom. The molecule has 1 aromatic carbocycles. The molecule has 1 aromatic rings. The highest BCUT2D eigenvalue weighted by Gasteiger charge is 2.39. The van der Waals surface area contributed by atoms with Crippen molar-refractivity contribution in [2.45, 2.75) is 8.94 Å². The van der Waals surface area contributed by atoms with E-state index in [1.54, 1.807) is 34.3 Å². The van der Waals surface area contributed by atoms with Crippen LogP contribution in [0.2, 0.25) is 0 Å². The minimum Gasteiger partial charge on any atom is -0.282 e. The minimum absolute atomic E-state index is 0.251. The van der Waals surface area contributed by atoms with E-state index >= 15 is 0 Å². The molecule has 0 spiro atoms. The molecule has 0 radical (unpaired) electrons. The summed E-state index contributed by atoms with van der Waals surface area (Å²) in [6.45, 7) is 0. The highest BCUT2D eigenvalue weighted by Crippen LogP contribution is 2.40. The smallest absolute Gasteiger partial charge is 0.265 e. The van der Waals surface area contributed by atoms with Crippen LogP contribution in [-0.4, -0.2) is 20.7 Å². The van der Waals surface area contributed by atoms with Crippen molar-refractivity contribution in [2.75, 3.05) is 0 Å². The summed E-state index contributed by atoms with van der Waals surface area (Å²) in [4.78, 5) is 0.299. The number of hydrogen-bond donors (Lipinski definition) is 0. The molecule has 0 aliphatic carbocycles. The van der Waals surface area contributed by atoms with Crippen molar-refractivity contribution in [1.82, 2.24) is 8.23 Å². The van der Waals surface area contributed by atoms with Crippen LogP contribution in [-0.2, 0) is 10.0 Å². The van der Waals surface area contributed by atoms with Crippen molar-refractivity contribution < 1.29 is 8.42 Å². The lowest BCUT2D eigenvalue weighted by atomic mass is 10.3. The summed E-state index contributed by atoms with van der Waals surface area (Å²) in [5, 5.41) is 0. The summed E-state index contributed by atoms with van der Waals surface area (Å²) in [7, 11) is -3.56. The third-order valence-electron chi connectivity index (χ3n) is 3.02. The van der Waals surface area contributed by atoms with Crippen LogP contribution in [0.5, 0.6) is 0 Å². The summed E-state index contributed by atoms with van der Waals surface area (Å²) >= 11 is 5.50. The molecule has 1 atom stereocenters. The monoisotopic (exact) mass is 464 g/mol. The van der Waals surface area contributed by atoms with Gasteiger partial charge in [0.2, 0.25) is 0 Å². The maximum Gasteiger partial charge on any atom is 0.265 e. The minimum atomic E-state index is -3.56. The molecule has 0 saturated heterocycles. The Labute approximate surface area is 140 Å². The van der Waals surface area contributed by atoms with Gasteiger partial charge in [-0.3, -0.25) is 3.93 Å². The summed E-state index contributed by atoms with van der Waals surface area (Å²) in [6, 6.07) is 8.48. The number of alkyl halides is 1. The number of nitrogens with zero attached hydrogens (tertiary/aromatic N) is 2. The molecule has 0 bridgehead atoms. The van der Waals surface area contributed by atoms with E-state index in [9.17, 15) is 8.42 Å². The molecule has 0 aromatic heterocycles. The van der Waals surface area contributed by atoms with Crippen molar-refractivity contribution >= 4 is 48.8 Å². The molecule has 2 heterocycles. The lowest BCUT2D eigenvalue weighted by Gasteiger charge is -2.27. The number of halogens is 2. The van der Waals surface area contributed by atoms with Crippen molar-refractivity contribution in [3.8, 4) is 0 Å². The predicted octanol–water partition coefficient (Wildman–Crippen LogP) is 3.36. The van der Waals surface area contributed by atoms with Crippen LogP contribution >= 0.6 is 38.7 Å². The molecular weight excluding hydrogens is 455 g/mol. The number of benzene rings is 1. The molecule has 4 nitrogen and oxygen atoms in total. The topological polar surface area (TPSA) is 40.6 Å². The van der Waals surface area contributed by atoms with Gasteiger partial charge < -0.3 is 0 Å². The highest BCUT2D eigenvalue weighted by atomic mass is 127. The fourth-order valence-corrected chi connectivity index (χ4v) is 5.57. The summed E-state index contributed by atoms with van der Waals surface area (Å²) < 4.78 is 28.5. The molecule has 3 rings (SSSR count). The molecule has 0 amide bonds. The van der Waals surface area contributed by atoms with Gasteiger partial charge in [-0.2, -0.15) is 0 Å². The Balaban J connectivity index is 2.08. The van der Waals surface area contributed by atoms with Gasteiger partial charge in [-0.15, -0.1) is 0 Å². The summed E-state index contributed by atoms with van der Waals surface area (Å²) in [6.07, 6.45) is 7.36. The van der Waals surface area contributed by atoms with E-state index in [4.69, 9.17) is 0 Å². The van der Waals surface area contributed by atoms with Gasteiger partial charge in [0.15, 0.2) is 0 Å². The lowest BCUT2D eigenvalue weighted by Crippen LogP contribution is -2.32. The maximum absolute atomic E-state index is 12.8. The van der Waals surface area contributed by atoms with Crippen LogP contribution in [0.25, 0.3) is 0 Å².